The van der Waals surface area contributed by atoms with Gasteiger partial charge < -0.3 is 4.74 Å². The van der Waals surface area contributed by atoms with Crippen LogP contribution in [0, 0.1) is 12.8 Å². The van der Waals surface area contributed by atoms with Crippen LogP contribution in [-0.2, 0) is 16.1 Å². The third kappa shape index (κ3) is 2.48. The zero-order chi connectivity index (χ0) is 13.2. The first-order valence-electron chi connectivity index (χ1n) is 6.89. The third-order valence-electron chi connectivity index (χ3n) is 4.01. The van der Waals surface area contributed by atoms with E-state index >= 15 is 0 Å². The van der Waals surface area contributed by atoms with Crippen LogP contribution in [0.15, 0.2) is 36.4 Å². The first-order chi connectivity index (χ1) is 9.24. The zero-order valence-electron chi connectivity index (χ0n) is 11.2. The standard InChI is InChI=1S/C17H18O2/c1-12-9-14-5-2-3-6-15(14)10-16(12)11-19-17(18)13-7-4-8-13/h2-3,5-6,9-10,13H,4,7-8,11H2,1H3. The van der Waals surface area contributed by atoms with E-state index < -0.39 is 0 Å². The normalized spacial score (nSPS) is 15.2. The summed E-state index contributed by atoms with van der Waals surface area (Å²) in [7, 11) is 0. The molecule has 0 heterocycles. The summed E-state index contributed by atoms with van der Waals surface area (Å²) in [4.78, 5) is 11.8. The van der Waals surface area contributed by atoms with E-state index in [0.29, 0.717) is 6.61 Å². The second-order valence-electron chi connectivity index (χ2n) is 5.36. The van der Waals surface area contributed by atoms with Crippen molar-refractivity contribution in [3.05, 3.63) is 47.5 Å². The lowest BCUT2D eigenvalue weighted by molar-refractivity contribution is -0.152. The number of carbonyl (C=O) groups is 1. The Balaban J connectivity index is 1.76. The molecule has 2 heteroatoms. The van der Waals surface area contributed by atoms with Crippen LogP contribution in [0.3, 0.4) is 0 Å². The highest BCUT2D eigenvalue weighted by Gasteiger charge is 2.26. The van der Waals surface area contributed by atoms with Gasteiger partial charge >= 0.3 is 5.97 Å². The average Bonchev–Trinajstić information content (AvgIpc) is 2.34. The van der Waals surface area contributed by atoms with Crippen molar-refractivity contribution >= 4 is 16.7 Å². The summed E-state index contributed by atoms with van der Waals surface area (Å²) in [6, 6.07) is 12.5. The molecule has 0 N–H and O–H groups in total. The van der Waals surface area contributed by atoms with Crippen LogP contribution in [0.1, 0.15) is 30.4 Å². The van der Waals surface area contributed by atoms with Gasteiger partial charge in [0.2, 0.25) is 0 Å². The Kier molecular flexibility index (Phi) is 3.24. The van der Waals surface area contributed by atoms with Crippen LogP contribution >= 0.6 is 0 Å². The van der Waals surface area contributed by atoms with Crippen LogP contribution in [-0.4, -0.2) is 5.97 Å². The molecule has 0 spiro atoms. The SMILES string of the molecule is Cc1cc2ccccc2cc1COC(=O)C1CCC1. The fourth-order valence-corrected chi connectivity index (χ4v) is 2.47. The fraction of sp³-hybridized carbons (Fsp3) is 0.353. The summed E-state index contributed by atoms with van der Waals surface area (Å²) in [5, 5.41) is 2.43. The molecule has 2 aromatic rings. The summed E-state index contributed by atoms with van der Waals surface area (Å²) in [5.41, 5.74) is 2.28. The maximum atomic E-state index is 11.8. The molecule has 1 aliphatic rings. The van der Waals surface area contributed by atoms with Crippen LogP contribution in [0.4, 0.5) is 0 Å². The van der Waals surface area contributed by atoms with Gasteiger partial charge in [-0.25, -0.2) is 0 Å². The van der Waals surface area contributed by atoms with Gasteiger partial charge in [-0.1, -0.05) is 36.8 Å². The van der Waals surface area contributed by atoms with E-state index in [-0.39, 0.29) is 11.9 Å². The summed E-state index contributed by atoms with van der Waals surface area (Å²) in [5.74, 6) is 0.125. The Labute approximate surface area is 113 Å². The monoisotopic (exact) mass is 254 g/mol. The van der Waals surface area contributed by atoms with Crippen LogP contribution in [0.2, 0.25) is 0 Å². The fourth-order valence-electron chi connectivity index (χ4n) is 2.47. The van der Waals surface area contributed by atoms with E-state index in [4.69, 9.17) is 4.74 Å². The van der Waals surface area contributed by atoms with E-state index in [1.807, 2.05) is 12.1 Å². The molecule has 0 radical (unpaired) electrons. The summed E-state index contributed by atoms with van der Waals surface area (Å²) < 4.78 is 5.42. The van der Waals surface area contributed by atoms with Gasteiger partial charge in [-0.15, -0.1) is 0 Å². The van der Waals surface area contributed by atoms with Crippen LogP contribution in [0.5, 0.6) is 0 Å². The summed E-state index contributed by atoms with van der Waals surface area (Å²) in [6.45, 7) is 2.46. The number of hydrogen-bond acceptors (Lipinski definition) is 2. The maximum absolute atomic E-state index is 11.8. The molecular weight excluding hydrogens is 236 g/mol. The molecular formula is C17H18O2. The minimum atomic E-state index is -0.0289. The molecule has 0 amide bonds. The van der Waals surface area contributed by atoms with Crippen molar-refractivity contribution in [1.29, 1.82) is 0 Å². The van der Waals surface area contributed by atoms with Crippen molar-refractivity contribution in [2.45, 2.75) is 32.8 Å². The smallest absolute Gasteiger partial charge is 0.309 e. The van der Waals surface area contributed by atoms with Gasteiger partial charge in [0, 0.05) is 0 Å². The highest BCUT2D eigenvalue weighted by molar-refractivity contribution is 5.84. The molecule has 1 aliphatic carbocycles. The molecule has 2 nitrogen and oxygen atoms in total. The molecule has 1 fully saturated rings. The Hall–Kier alpha value is -1.83. The molecule has 1 saturated carbocycles. The molecule has 0 aliphatic heterocycles. The number of carbonyl (C=O) groups excluding carboxylic acids is 1. The van der Waals surface area contributed by atoms with Gasteiger partial charge in [-0.2, -0.15) is 0 Å². The predicted octanol–water partition coefficient (Wildman–Crippen LogP) is 3.99. The molecule has 19 heavy (non-hydrogen) atoms. The van der Waals surface area contributed by atoms with Crippen molar-refractivity contribution in [3.8, 4) is 0 Å². The van der Waals surface area contributed by atoms with Crippen molar-refractivity contribution < 1.29 is 9.53 Å². The number of benzene rings is 2. The topological polar surface area (TPSA) is 26.3 Å². The molecule has 0 atom stereocenters. The number of esters is 1. The minimum Gasteiger partial charge on any atom is -0.461 e. The van der Waals surface area contributed by atoms with Crippen molar-refractivity contribution in [3.63, 3.8) is 0 Å². The molecule has 3 rings (SSSR count). The first-order valence-corrected chi connectivity index (χ1v) is 6.89. The molecule has 98 valence electrons. The van der Waals surface area contributed by atoms with Gasteiger partial charge in [0.1, 0.15) is 6.61 Å². The predicted molar refractivity (Wildman–Crippen MR) is 75.8 cm³/mol. The molecule has 0 aromatic heterocycles. The number of aryl methyl sites for hydroxylation is 1. The quantitative estimate of drug-likeness (QED) is 0.774. The molecule has 2 aromatic carbocycles. The Morgan fingerprint density at radius 2 is 1.89 bits per heavy atom. The zero-order valence-corrected chi connectivity index (χ0v) is 11.2. The average molecular weight is 254 g/mol. The van der Waals surface area contributed by atoms with E-state index in [1.54, 1.807) is 0 Å². The van der Waals surface area contributed by atoms with Gasteiger partial charge in [0.05, 0.1) is 5.92 Å². The summed E-state index contributed by atoms with van der Waals surface area (Å²) >= 11 is 0. The lowest BCUT2D eigenvalue weighted by Gasteiger charge is -2.23. The lowest BCUT2D eigenvalue weighted by atomic mass is 9.86. The van der Waals surface area contributed by atoms with Gasteiger partial charge in [0.25, 0.3) is 0 Å². The first kappa shape index (κ1) is 12.2. The molecule has 0 saturated heterocycles. The van der Waals surface area contributed by atoms with Crippen LogP contribution < -0.4 is 0 Å². The Morgan fingerprint density at radius 3 is 2.53 bits per heavy atom. The second-order valence-corrected chi connectivity index (χ2v) is 5.36. The Bertz CT molecular complexity index is 612. The highest BCUT2D eigenvalue weighted by atomic mass is 16.5. The molecule has 0 bridgehead atoms. The second kappa shape index (κ2) is 5.04. The van der Waals surface area contributed by atoms with Crippen LogP contribution in [0.25, 0.3) is 10.8 Å². The van der Waals surface area contributed by atoms with E-state index in [1.165, 1.54) is 16.3 Å². The maximum Gasteiger partial charge on any atom is 0.309 e. The van der Waals surface area contributed by atoms with Crippen molar-refractivity contribution in [2.75, 3.05) is 0 Å². The summed E-state index contributed by atoms with van der Waals surface area (Å²) in [6.07, 6.45) is 3.15. The largest absolute Gasteiger partial charge is 0.461 e. The van der Waals surface area contributed by atoms with Gasteiger partial charge in [-0.05, 0) is 47.7 Å². The number of rotatable bonds is 3. The van der Waals surface area contributed by atoms with Gasteiger partial charge in [-0.3, -0.25) is 4.79 Å². The van der Waals surface area contributed by atoms with Crippen molar-refractivity contribution in [2.24, 2.45) is 5.92 Å². The molecule has 0 unspecified atom stereocenters. The third-order valence-corrected chi connectivity index (χ3v) is 4.01. The van der Waals surface area contributed by atoms with E-state index in [0.717, 1.165) is 24.8 Å². The minimum absolute atomic E-state index is 0.0289. The lowest BCUT2D eigenvalue weighted by Crippen LogP contribution is -2.24. The van der Waals surface area contributed by atoms with Crippen molar-refractivity contribution in [1.82, 2.24) is 0 Å². The van der Waals surface area contributed by atoms with Gasteiger partial charge in [0.15, 0.2) is 0 Å². The Morgan fingerprint density at radius 1 is 1.21 bits per heavy atom. The number of fused-ring (bicyclic) bond motifs is 1. The van der Waals surface area contributed by atoms with E-state index in [2.05, 4.69) is 31.2 Å². The van der Waals surface area contributed by atoms with E-state index in [9.17, 15) is 4.79 Å². The highest BCUT2D eigenvalue weighted by Crippen LogP contribution is 2.28. The number of hydrogen-bond donors (Lipinski definition) is 0. The number of ether oxygens (including phenoxy) is 1.